The third-order valence-corrected chi connectivity index (χ3v) is 5.50. The van der Waals surface area contributed by atoms with Gasteiger partial charge < -0.3 is 0 Å². The molecule has 31 heavy (non-hydrogen) atoms. The zero-order valence-corrected chi connectivity index (χ0v) is 17.0. The number of hydrogen-bond acceptors (Lipinski definition) is 3. The van der Waals surface area contributed by atoms with Crippen LogP contribution < -0.4 is 0 Å². The van der Waals surface area contributed by atoms with Crippen LogP contribution in [0.1, 0.15) is 37.5 Å². The molecular weight excluding hydrogens is 382 g/mol. The van der Waals surface area contributed by atoms with E-state index in [1.165, 1.54) is 0 Å². The van der Waals surface area contributed by atoms with Crippen LogP contribution in [-0.4, -0.2) is 16.6 Å². The molecule has 148 valence electrons. The molecule has 0 amide bonds. The monoisotopic (exact) mass is 401 g/mol. The van der Waals surface area contributed by atoms with Crippen molar-refractivity contribution in [2.75, 3.05) is 0 Å². The van der Waals surface area contributed by atoms with E-state index in [1.54, 1.807) is 24.3 Å². The van der Waals surface area contributed by atoms with Gasteiger partial charge in [0.15, 0.2) is 5.78 Å². The number of aryl methyl sites for hydroxylation is 1. The number of carbonyl (C=O) groups excluding carboxylic acids is 2. The maximum Gasteiger partial charge on any atom is 0.212 e. The number of carbonyl (C=O) groups is 2. The Hall–Kier alpha value is -4.11. The van der Waals surface area contributed by atoms with Crippen LogP contribution in [0.2, 0.25) is 0 Å². The number of hydrogen-bond donors (Lipinski definition) is 0. The first-order chi connectivity index (χ1) is 15.1. The molecule has 0 saturated heterocycles. The van der Waals surface area contributed by atoms with Gasteiger partial charge in [0.1, 0.15) is 5.69 Å². The van der Waals surface area contributed by atoms with Crippen molar-refractivity contribution in [2.45, 2.75) is 6.92 Å². The van der Waals surface area contributed by atoms with Gasteiger partial charge in [0.25, 0.3) is 0 Å². The zero-order chi connectivity index (χ0) is 21.4. The van der Waals surface area contributed by atoms with E-state index in [-0.39, 0.29) is 17.3 Å². The quantitative estimate of drug-likeness (QED) is 0.339. The second-order valence-corrected chi connectivity index (χ2v) is 7.63. The first-order valence-electron chi connectivity index (χ1n) is 10.2. The molecule has 0 fully saturated rings. The highest BCUT2D eigenvalue weighted by atomic mass is 16.1. The molecule has 1 heterocycles. The lowest BCUT2D eigenvalue weighted by Gasteiger charge is -2.12. The van der Waals surface area contributed by atoms with Crippen molar-refractivity contribution in [2.24, 2.45) is 0 Å². The predicted octanol–water partition coefficient (Wildman–Crippen LogP) is 6.16. The maximum absolute atomic E-state index is 13.7. The second kappa shape index (κ2) is 7.62. The van der Waals surface area contributed by atoms with Crippen molar-refractivity contribution in [1.82, 2.24) is 4.98 Å². The summed E-state index contributed by atoms with van der Waals surface area (Å²) in [5.74, 6) is -0.460. The molecular formula is C28H19NO2. The van der Waals surface area contributed by atoms with Gasteiger partial charge in [-0.25, -0.2) is 4.98 Å². The van der Waals surface area contributed by atoms with Crippen LogP contribution in [0, 0.1) is 6.92 Å². The maximum atomic E-state index is 13.7. The van der Waals surface area contributed by atoms with Crippen LogP contribution in [-0.2, 0) is 0 Å². The van der Waals surface area contributed by atoms with Crippen molar-refractivity contribution in [3.8, 4) is 0 Å². The van der Waals surface area contributed by atoms with Gasteiger partial charge >= 0.3 is 0 Å². The Morgan fingerprint density at radius 3 is 2.23 bits per heavy atom. The van der Waals surface area contributed by atoms with Gasteiger partial charge in [-0.3, -0.25) is 9.59 Å². The molecule has 0 spiro atoms. The number of rotatable bonds is 4. The second-order valence-electron chi connectivity index (χ2n) is 7.63. The number of fused-ring (bicyclic) bond motifs is 2. The van der Waals surface area contributed by atoms with E-state index < -0.39 is 0 Å². The van der Waals surface area contributed by atoms with Crippen molar-refractivity contribution in [1.29, 1.82) is 0 Å². The third kappa shape index (κ3) is 3.40. The van der Waals surface area contributed by atoms with E-state index in [0.29, 0.717) is 22.2 Å². The summed E-state index contributed by atoms with van der Waals surface area (Å²) < 4.78 is 0. The Morgan fingerprint density at radius 1 is 0.645 bits per heavy atom. The van der Waals surface area contributed by atoms with E-state index >= 15 is 0 Å². The molecule has 3 heteroatoms. The van der Waals surface area contributed by atoms with Gasteiger partial charge in [0.05, 0.1) is 11.1 Å². The predicted molar refractivity (Wildman–Crippen MR) is 124 cm³/mol. The van der Waals surface area contributed by atoms with Crippen LogP contribution in [0.3, 0.4) is 0 Å². The van der Waals surface area contributed by atoms with Gasteiger partial charge in [-0.1, -0.05) is 84.4 Å². The minimum absolute atomic E-state index is 0.182. The lowest BCUT2D eigenvalue weighted by Crippen LogP contribution is -2.14. The lowest BCUT2D eigenvalue weighted by molar-refractivity contribution is 0.100. The van der Waals surface area contributed by atoms with Crippen LogP contribution in [0.25, 0.3) is 21.7 Å². The summed E-state index contributed by atoms with van der Waals surface area (Å²) in [5, 5.41) is 2.66. The van der Waals surface area contributed by atoms with Crippen molar-refractivity contribution in [3.63, 3.8) is 0 Å². The van der Waals surface area contributed by atoms with E-state index in [9.17, 15) is 9.59 Å². The van der Waals surface area contributed by atoms with Gasteiger partial charge in [-0.15, -0.1) is 0 Å². The molecule has 0 atom stereocenters. The zero-order valence-electron chi connectivity index (χ0n) is 17.0. The Bertz CT molecular complexity index is 1460. The number of pyridine rings is 1. The highest BCUT2D eigenvalue weighted by Crippen LogP contribution is 2.26. The molecule has 0 saturated carbocycles. The standard InChI is InChI=1S/C28H19NO2/c1-18-14-15-25-21(16-18)17-24(27(30)20-9-3-2-4-10-20)26(29-25)28(31)23-13-7-11-19-8-5-6-12-22(19)23/h2-17H,1H3. The number of ketones is 2. The number of benzene rings is 4. The summed E-state index contributed by atoms with van der Waals surface area (Å²) in [7, 11) is 0. The average molecular weight is 401 g/mol. The summed E-state index contributed by atoms with van der Waals surface area (Å²) in [6.07, 6.45) is 0. The molecule has 5 aromatic rings. The number of aromatic nitrogens is 1. The van der Waals surface area contributed by atoms with Gasteiger partial charge in [0, 0.05) is 16.5 Å². The molecule has 1 aromatic heterocycles. The first kappa shape index (κ1) is 18.9. The molecule has 0 N–H and O–H groups in total. The third-order valence-electron chi connectivity index (χ3n) is 5.50. The van der Waals surface area contributed by atoms with E-state index in [1.807, 2.05) is 79.7 Å². The highest BCUT2D eigenvalue weighted by Gasteiger charge is 2.23. The largest absolute Gasteiger partial charge is 0.289 e. The minimum atomic E-state index is -0.251. The summed E-state index contributed by atoms with van der Waals surface area (Å²) in [6, 6.07) is 30.0. The van der Waals surface area contributed by atoms with E-state index in [4.69, 9.17) is 0 Å². The molecule has 0 radical (unpaired) electrons. The average Bonchev–Trinajstić information content (AvgIpc) is 2.82. The lowest BCUT2D eigenvalue weighted by atomic mass is 9.93. The van der Waals surface area contributed by atoms with Gasteiger partial charge in [-0.2, -0.15) is 0 Å². The molecule has 5 rings (SSSR count). The fourth-order valence-electron chi connectivity index (χ4n) is 3.94. The minimum Gasteiger partial charge on any atom is -0.289 e. The smallest absolute Gasteiger partial charge is 0.212 e. The van der Waals surface area contributed by atoms with Gasteiger partial charge in [0.2, 0.25) is 5.78 Å². The van der Waals surface area contributed by atoms with Crippen LogP contribution >= 0.6 is 0 Å². The Kier molecular flexibility index (Phi) is 4.64. The number of nitrogens with zero attached hydrogens (tertiary/aromatic N) is 1. The Labute approximate surface area is 180 Å². The Balaban J connectivity index is 1.76. The van der Waals surface area contributed by atoms with E-state index in [0.717, 1.165) is 21.7 Å². The molecule has 4 aromatic carbocycles. The van der Waals surface area contributed by atoms with Gasteiger partial charge in [-0.05, 0) is 35.9 Å². The summed E-state index contributed by atoms with van der Waals surface area (Å²) in [4.78, 5) is 31.8. The molecule has 0 aliphatic heterocycles. The summed E-state index contributed by atoms with van der Waals surface area (Å²) in [6.45, 7) is 1.99. The van der Waals surface area contributed by atoms with E-state index in [2.05, 4.69) is 4.98 Å². The molecule has 3 nitrogen and oxygen atoms in total. The normalized spacial score (nSPS) is 11.0. The molecule has 0 unspecified atom stereocenters. The summed E-state index contributed by atoms with van der Waals surface area (Å²) in [5.41, 5.74) is 3.34. The molecule has 0 bridgehead atoms. The van der Waals surface area contributed by atoms with Crippen LogP contribution in [0.15, 0.2) is 97.1 Å². The first-order valence-corrected chi connectivity index (χ1v) is 10.2. The molecule has 0 aliphatic carbocycles. The van der Waals surface area contributed by atoms with Crippen molar-refractivity contribution >= 4 is 33.2 Å². The van der Waals surface area contributed by atoms with Crippen LogP contribution in [0.4, 0.5) is 0 Å². The topological polar surface area (TPSA) is 47.0 Å². The highest BCUT2D eigenvalue weighted by molar-refractivity contribution is 6.22. The summed E-state index contributed by atoms with van der Waals surface area (Å²) >= 11 is 0. The van der Waals surface area contributed by atoms with Crippen molar-refractivity contribution < 1.29 is 9.59 Å². The van der Waals surface area contributed by atoms with Crippen LogP contribution in [0.5, 0.6) is 0 Å². The Morgan fingerprint density at radius 2 is 1.39 bits per heavy atom. The molecule has 0 aliphatic rings. The fraction of sp³-hybridized carbons (Fsp3) is 0.0357. The fourth-order valence-corrected chi connectivity index (χ4v) is 3.94. The SMILES string of the molecule is Cc1ccc2nc(C(=O)c3cccc4ccccc34)c(C(=O)c3ccccc3)cc2c1. The van der Waals surface area contributed by atoms with Crippen molar-refractivity contribution in [3.05, 3.63) is 125 Å².